The minimum absolute atomic E-state index is 0.167. The number of hydrogen-bond acceptors (Lipinski definition) is 6. The van der Waals surface area contributed by atoms with Crippen LogP contribution in [0.4, 0.5) is 13.2 Å². The molecule has 0 spiro atoms. The van der Waals surface area contributed by atoms with Crippen LogP contribution < -0.4 is 9.47 Å². The van der Waals surface area contributed by atoms with Crippen LogP contribution in [-0.2, 0) is 14.9 Å². The number of alkyl halides is 3. The quantitative estimate of drug-likeness (QED) is 0.373. The normalized spacial score (nSPS) is 16.7. The molecule has 29 heavy (non-hydrogen) atoms. The summed E-state index contributed by atoms with van der Waals surface area (Å²) in [4.78, 5) is 12.1. The van der Waals surface area contributed by atoms with Gasteiger partial charge < -0.3 is 14.2 Å². The SMILES string of the molecule is C=CC1(Oc2cc(C(=O)OCCS(=O)(=O)O)ccc2OC(F)(F)F)CCCCC1. The zero-order chi connectivity index (χ0) is 21.7. The van der Waals surface area contributed by atoms with E-state index in [9.17, 15) is 26.4 Å². The molecule has 0 aliphatic heterocycles. The van der Waals surface area contributed by atoms with Gasteiger partial charge in [0.2, 0.25) is 0 Å². The molecular formula is C18H21F3O7S. The van der Waals surface area contributed by atoms with Gasteiger partial charge in [-0.3, -0.25) is 4.55 Å². The first kappa shape index (κ1) is 23.0. The third-order valence-electron chi connectivity index (χ3n) is 4.36. The van der Waals surface area contributed by atoms with E-state index in [0.29, 0.717) is 12.8 Å². The highest BCUT2D eigenvalue weighted by Gasteiger charge is 2.36. The van der Waals surface area contributed by atoms with Gasteiger partial charge in [0.05, 0.1) is 5.56 Å². The van der Waals surface area contributed by atoms with Crippen molar-refractivity contribution in [3.05, 3.63) is 36.4 Å². The molecule has 2 rings (SSSR count). The van der Waals surface area contributed by atoms with Gasteiger partial charge in [-0.15, -0.1) is 13.2 Å². The van der Waals surface area contributed by atoms with Gasteiger partial charge in [0.15, 0.2) is 11.5 Å². The summed E-state index contributed by atoms with van der Waals surface area (Å²) in [5.74, 6) is -2.74. The summed E-state index contributed by atoms with van der Waals surface area (Å²) in [7, 11) is -4.33. The highest BCUT2D eigenvalue weighted by atomic mass is 32.2. The lowest BCUT2D eigenvalue weighted by Crippen LogP contribution is -2.36. The fraction of sp³-hybridized carbons (Fsp3) is 0.500. The molecule has 1 aromatic carbocycles. The Bertz CT molecular complexity index is 844. The van der Waals surface area contributed by atoms with Gasteiger partial charge in [0.25, 0.3) is 10.1 Å². The first-order valence-corrected chi connectivity index (χ1v) is 10.4. The lowest BCUT2D eigenvalue weighted by molar-refractivity contribution is -0.275. The molecule has 7 nitrogen and oxygen atoms in total. The van der Waals surface area contributed by atoms with Crippen molar-refractivity contribution in [2.24, 2.45) is 0 Å². The highest BCUT2D eigenvalue weighted by Crippen LogP contribution is 2.40. The van der Waals surface area contributed by atoms with Gasteiger partial charge in [-0.1, -0.05) is 13.0 Å². The third-order valence-corrected chi connectivity index (χ3v) is 5.05. The molecule has 1 saturated carbocycles. The van der Waals surface area contributed by atoms with E-state index in [1.54, 1.807) is 0 Å². The Labute approximate surface area is 166 Å². The standard InChI is InChI=1S/C18H21F3O7S/c1-2-17(8-4-3-5-9-17)27-15-12-13(6-7-14(15)28-18(19,20)21)16(22)26-10-11-29(23,24)25/h2,6-7,12H,1,3-5,8-11H2,(H,23,24,25). The number of halogens is 3. The second-order valence-corrected chi connectivity index (χ2v) is 8.13. The maximum atomic E-state index is 12.7. The van der Waals surface area contributed by atoms with Crippen LogP contribution in [0.5, 0.6) is 11.5 Å². The molecule has 11 heteroatoms. The Kier molecular flexibility index (Phi) is 7.17. The summed E-state index contributed by atoms with van der Waals surface area (Å²) in [6.07, 6.45) is 0.225. The lowest BCUT2D eigenvalue weighted by atomic mass is 9.84. The number of esters is 1. The molecule has 0 bridgehead atoms. The van der Waals surface area contributed by atoms with E-state index in [4.69, 9.17) is 14.0 Å². The van der Waals surface area contributed by atoms with Crippen molar-refractivity contribution in [3.8, 4) is 11.5 Å². The molecule has 0 atom stereocenters. The average Bonchev–Trinajstić information content (AvgIpc) is 2.61. The predicted molar refractivity (Wildman–Crippen MR) is 96.5 cm³/mol. The second-order valence-electron chi connectivity index (χ2n) is 6.56. The number of carbonyl (C=O) groups is 1. The van der Waals surface area contributed by atoms with Gasteiger partial charge in [-0.25, -0.2) is 4.79 Å². The summed E-state index contributed by atoms with van der Waals surface area (Å²) in [6, 6.07) is 2.99. The third kappa shape index (κ3) is 7.24. The number of rotatable bonds is 8. The Balaban J connectivity index is 2.28. The molecule has 0 unspecified atom stereocenters. The Hall–Kier alpha value is -2.27. The summed E-state index contributed by atoms with van der Waals surface area (Å²) in [6.45, 7) is 3.10. The van der Waals surface area contributed by atoms with Crippen LogP contribution in [0.15, 0.2) is 30.9 Å². The van der Waals surface area contributed by atoms with E-state index >= 15 is 0 Å². The van der Waals surface area contributed by atoms with E-state index in [-0.39, 0.29) is 11.3 Å². The van der Waals surface area contributed by atoms with Crippen LogP contribution in [0.3, 0.4) is 0 Å². The van der Waals surface area contributed by atoms with Gasteiger partial charge >= 0.3 is 12.3 Å². The maximum Gasteiger partial charge on any atom is 0.573 e. The summed E-state index contributed by atoms with van der Waals surface area (Å²) in [5.41, 5.74) is -1.06. The summed E-state index contributed by atoms with van der Waals surface area (Å²) >= 11 is 0. The molecule has 0 heterocycles. The van der Waals surface area contributed by atoms with Crippen molar-refractivity contribution in [1.82, 2.24) is 0 Å². The molecule has 1 aliphatic carbocycles. The van der Waals surface area contributed by atoms with Gasteiger partial charge in [0.1, 0.15) is 18.0 Å². The smallest absolute Gasteiger partial charge is 0.479 e. The predicted octanol–water partition coefficient (Wildman–Crippen LogP) is 3.90. The largest absolute Gasteiger partial charge is 0.573 e. The van der Waals surface area contributed by atoms with Gasteiger partial charge in [0, 0.05) is 0 Å². The molecule has 0 radical (unpaired) electrons. The van der Waals surface area contributed by atoms with E-state index in [0.717, 1.165) is 37.5 Å². The second kappa shape index (κ2) is 9.04. The minimum Gasteiger partial charge on any atom is -0.479 e. The molecule has 1 aliphatic rings. The minimum atomic E-state index is -4.97. The number of benzene rings is 1. The number of ether oxygens (including phenoxy) is 3. The van der Waals surface area contributed by atoms with Gasteiger partial charge in [-0.2, -0.15) is 8.42 Å². The lowest BCUT2D eigenvalue weighted by Gasteiger charge is -2.35. The molecule has 1 fully saturated rings. The Morgan fingerprint density at radius 3 is 2.41 bits per heavy atom. The Morgan fingerprint density at radius 2 is 1.86 bits per heavy atom. The first-order valence-electron chi connectivity index (χ1n) is 8.78. The van der Waals surface area contributed by atoms with Crippen molar-refractivity contribution in [3.63, 3.8) is 0 Å². The fourth-order valence-corrected chi connectivity index (χ4v) is 3.26. The van der Waals surface area contributed by atoms with Crippen molar-refractivity contribution in [2.75, 3.05) is 12.4 Å². The van der Waals surface area contributed by atoms with Crippen LogP contribution in [0.1, 0.15) is 42.5 Å². The average molecular weight is 438 g/mol. The van der Waals surface area contributed by atoms with Gasteiger partial charge in [-0.05, 0) is 50.0 Å². The molecule has 1 N–H and O–H groups in total. The molecule has 0 saturated heterocycles. The van der Waals surface area contributed by atoms with Crippen molar-refractivity contribution in [1.29, 1.82) is 0 Å². The van der Waals surface area contributed by atoms with E-state index in [1.165, 1.54) is 6.08 Å². The number of carbonyl (C=O) groups excluding carboxylic acids is 1. The van der Waals surface area contributed by atoms with E-state index in [2.05, 4.69) is 11.3 Å². The van der Waals surface area contributed by atoms with Crippen LogP contribution in [0.25, 0.3) is 0 Å². The van der Waals surface area contributed by atoms with Crippen LogP contribution in [-0.4, -0.2) is 43.3 Å². The summed E-state index contributed by atoms with van der Waals surface area (Å²) < 4.78 is 82.8. The molecule has 1 aromatic rings. The van der Waals surface area contributed by atoms with Crippen LogP contribution in [0, 0.1) is 0 Å². The zero-order valence-electron chi connectivity index (χ0n) is 15.4. The Morgan fingerprint density at radius 1 is 1.21 bits per heavy atom. The first-order chi connectivity index (χ1) is 13.4. The van der Waals surface area contributed by atoms with Crippen LogP contribution in [0.2, 0.25) is 0 Å². The molecule has 0 amide bonds. The van der Waals surface area contributed by atoms with Crippen molar-refractivity contribution < 1.29 is 45.1 Å². The monoisotopic (exact) mass is 438 g/mol. The number of hydrogen-bond donors (Lipinski definition) is 1. The topological polar surface area (TPSA) is 99.1 Å². The van der Waals surface area contributed by atoms with E-state index < -0.39 is 46.2 Å². The molecular weight excluding hydrogens is 417 g/mol. The van der Waals surface area contributed by atoms with Crippen molar-refractivity contribution >= 4 is 16.1 Å². The van der Waals surface area contributed by atoms with Crippen molar-refractivity contribution in [2.45, 2.75) is 44.1 Å². The van der Waals surface area contributed by atoms with Crippen LogP contribution >= 0.6 is 0 Å². The molecule has 0 aromatic heterocycles. The van der Waals surface area contributed by atoms with E-state index in [1.807, 2.05) is 0 Å². The summed E-state index contributed by atoms with van der Waals surface area (Å²) in [5, 5.41) is 0. The zero-order valence-corrected chi connectivity index (χ0v) is 16.2. The molecule has 162 valence electrons. The fourth-order valence-electron chi connectivity index (χ4n) is 2.96. The highest BCUT2D eigenvalue weighted by molar-refractivity contribution is 7.85. The maximum absolute atomic E-state index is 12.7.